The molecule has 0 spiro atoms. The first-order valence-electron chi connectivity index (χ1n) is 5.79. The molecule has 0 aromatic rings. The van der Waals surface area contributed by atoms with E-state index in [1.165, 1.54) is 25.7 Å². The molecule has 0 radical (unpaired) electrons. The first-order chi connectivity index (χ1) is 6.93. The second-order valence-electron chi connectivity index (χ2n) is 4.01. The third kappa shape index (κ3) is 5.58. The monoisotopic (exact) mass is 201 g/mol. The molecular weight excluding hydrogens is 178 g/mol. The lowest BCUT2D eigenvalue weighted by Crippen LogP contribution is -2.09. The summed E-state index contributed by atoms with van der Waals surface area (Å²) in [6.07, 6.45) is 5.99. The van der Waals surface area contributed by atoms with E-state index in [1.807, 2.05) is 0 Å². The van der Waals surface area contributed by atoms with Crippen molar-refractivity contribution in [3.8, 4) is 0 Å². The molecule has 14 heavy (non-hydrogen) atoms. The van der Waals surface area contributed by atoms with E-state index in [-0.39, 0.29) is 0 Å². The summed E-state index contributed by atoms with van der Waals surface area (Å²) in [4.78, 5) is 0. The second-order valence-corrected chi connectivity index (χ2v) is 4.01. The highest BCUT2D eigenvalue weighted by Crippen LogP contribution is 2.12. The van der Waals surface area contributed by atoms with E-state index >= 15 is 0 Å². The maximum Gasteiger partial charge on any atom is 0.0517 e. The van der Waals surface area contributed by atoms with E-state index in [1.54, 1.807) is 0 Å². The van der Waals surface area contributed by atoms with Crippen molar-refractivity contribution >= 4 is 0 Å². The summed E-state index contributed by atoms with van der Waals surface area (Å²) in [5, 5.41) is 0. The molecule has 3 nitrogen and oxygen atoms in total. The first-order valence-corrected chi connectivity index (χ1v) is 5.79. The summed E-state index contributed by atoms with van der Waals surface area (Å²) in [7, 11) is 0. The lowest BCUT2D eigenvalue weighted by Gasteiger charge is -2.08. The Labute approximate surface area is 86.9 Å². The first kappa shape index (κ1) is 12.0. The molecule has 1 heterocycles. The Morgan fingerprint density at radius 1 is 1.21 bits per heavy atom. The number of ether oxygens (including phenoxy) is 2. The van der Waals surface area contributed by atoms with Gasteiger partial charge in [-0.1, -0.05) is 12.8 Å². The Morgan fingerprint density at radius 2 is 2.07 bits per heavy atom. The molecule has 0 aromatic carbocycles. The van der Waals surface area contributed by atoms with Gasteiger partial charge in [-0.15, -0.1) is 0 Å². The Balaban J connectivity index is 1.75. The van der Waals surface area contributed by atoms with Gasteiger partial charge in [0.2, 0.25) is 0 Å². The lowest BCUT2D eigenvalue weighted by atomic mass is 10.1. The topological polar surface area (TPSA) is 44.5 Å². The Hall–Kier alpha value is -0.120. The number of nitrogens with two attached hydrogens (primary N) is 1. The quantitative estimate of drug-likeness (QED) is 0.606. The smallest absolute Gasteiger partial charge is 0.0517 e. The number of unbranched alkanes of at least 4 members (excludes halogenated alkanes) is 3. The minimum Gasteiger partial charge on any atom is -0.381 e. The van der Waals surface area contributed by atoms with Crippen LogP contribution in [0.2, 0.25) is 0 Å². The molecule has 2 N–H and O–H groups in total. The Morgan fingerprint density at radius 3 is 2.79 bits per heavy atom. The van der Waals surface area contributed by atoms with Crippen LogP contribution < -0.4 is 5.73 Å². The second kappa shape index (κ2) is 8.21. The van der Waals surface area contributed by atoms with Gasteiger partial charge >= 0.3 is 0 Å². The van der Waals surface area contributed by atoms with Crippen LogP contribution in [0.25, 0.3) is 0 Å². The SMILES string of the molecule is NCCCCCCOCC1CCOC1. The number of hydrogen-bond acceptors (Lipinski definition) is 3. The van der Waals surface area contributed by atoms with Crippen molar-refractivity contribution in [2.45, 2.75) is 32.1 Å². The summed E-state index contributed by atoms with van der Waals surface area (Å²) in [5.41, 5.74) is 5.41. The molecule has 1 unspecified atom stereocenters. The van der Waals surface area contributed by atoms with E-state index < -0.39 is 0 Å². The zero-order chi connectivity index (χ0) is 10.1. The van der Waals surface area contributed by atoms with E-state index in [4.69, 9.17) is 15.2 Å². The molecule has 3 heteroatoms. The normalized spacial score (nSPS) is 21.6. The van der Waals surface area contributed by atoms with Crippen LogP contribution >= 0.6 is 0 Å². The van der Waals surface area contributed by atoms with Gasteiger partial charge in [-0.05, 0) is 25.8 Å². The van der Waals surface area contributed by atoms with E-state index in [0.29, 0.717) is 5.92 Å². The zero-order valence-electron chi connectivity index (χ0n) is 9.04. The summed E-state index contributed by atoms with van der Waals surface area (Å²) >= 11 is 0. The van der Waals surface area contributed by atoms with Crippen LogP contribution in [0.4, 0.5) is 0 Å². The van der Waals surface area contributed by atoms with Gasteiger partial charge < -0.3 is 15.2 Å². The summed E-state index contributed by atoms with van der Waals surface area (Å²) in [6.45, 7) is 4.43. The predicted molar refractivity (Wildman–Crippen MR) is 57.3 cm³/mol. The maximum absolute atomic E-state index is 5.59. The average molecular weight is 201 g/mol. The molecule has 84 valence electrons. The van der Waals surface area contributed by atoms with Crippen molar-refractivity contribution in [3.63, 3.8) is 0 Å². The summed E-state index contributed by atoms with van der Waals surface area (Å²) in [6, 6.07) is 0. The molecule has 1 rings (SSSR count). The van der Waals surface area contributed by atoms with Crippen molar-refractivity contribution < 1.29 is 9.47 Å². The van der Waals surface area contributed by atoms with Gasteiger partial charge in [0.15, 0.2) is 0 Å². The van der Waals surface area contributed by atoms with E-state index in [9.17, 15) is 0 Å². The van der Waals surface area contributed by atoms with Crippen molar-refractivity contribution in [1.82, 2.24) is 0 Å². The van der Waals surface area contributed by atoms with Gasteiger partial charge in [-0.2, -0.15) is 0 Å². The Kier molecular flexibility index (Phi) is 7.01. The average Bonchev–Trinajstić information content (AvgIpc) is 2.69. The Bertz CT molecular complexity index is 124. The van der Waals surface area contributed by atoms with Crippen molar-refractivity contribution in [2.75, 3.05) is 33.0 Å². The van der Waals surface area contributed by atoms with Gasteiger partial charge in [0.05, 0.1) is 13.2 Å². The number of hydrogen-bond donors (Lipinski definition) is 1. The maximum atomic E-state index is 5.59. The molecule has 1 atom stereocenters. The summed E-state index contributed by atoms with van der Waals surface area (Å²) < 4.78 is 10.9. The minimum absolute atomic E-state index is 0.652. The molecule has 1 saturated heterocycles. The predicted octanol–water partition coefficient (Wildman–Crippen LogP) is 1.56. The summed E-state index contributed by atoms with van der Waals surface area (Å²) in [5.74, 6) is 0.652. The zero-order valence-corrected chi connectivity index (χ0v) is 9.04. The minimum atomic E-state index is 0.652. The fraction of sp³-hybridized carbons (Fsp3) is 1.00. The highest BCUT2D eigenvalue weighted by Gasteiger charge is 2.14. The van der Waals surface area contributed by atoms with Gasteiger partial charge in [-0.25, -0.2) is 0 Å². The molecule has 0 aromatic heterocycles. The fourth-order valence-electron chi connectivity index (χ4n) is 1.67. The van der Waals surface area contributed by atoms with Gasteiger partial charge in [-0.3, -0.25) is 0 Å². The molecule has 1 fully saturated rings. The van der Waals surface area contributed by atoms with Gasteiger partial charge in [0, 0.05) is 19.1 Å². The van der Waals surface area contributed by atoms with Crippen molar-refractivity contribution in [3.05, 3.63) is 0 Å². The standard InChI is InChI=1S/C11H23NO2/c12-6-3-1-2-4-7-13-9-11-5-8-14-10-11/h11H,1-10,12H2. The highest BCUT2D eigenvalue weighted by molar-refractivity contribution is 4.62. The lowest BCUT2D eigenvalue weighted by molar-refractivity contribution is 0.0871. The van der Waals surface area contributed by atoms with E-state index in [2.05, 4.69) is 0 Å². The third-order valence-electron chi connectivity index (χ3n) is 2.62. The molecule has 0 saturated carbocycles. The van der Waals surface area contributed by atoms with Gasteiger partial charge in [0.25, 0.3) is 0 Å². The van der Waals surface area contributed by atoms with Crippen LogP contribution in [0.15, 0.2) is 0 Å². The molecule has 0 aliphatic carbocycles. The fourth-order valence-corrected chi connectivity index (χ4v) is 1.67. The van der Waals surface area contributed by atoms with Crippen molar-refractivity contribution in [2.24, 2.45) is 11.7 Å². The third-order valence-corrected chi connectivity index (χ3v) is 2.62. The largest absolute Gasteiger partial charge is 0.381 e. The van der Waals surface area contributed by atoms with Crippen LogP contribution in [-0.4, -0.2) is 33.0 Å². The molecule has 0 bridgehead atoms. The van der Waals surface area contributed by atoms with Crippen LogP contribution in [0.3, 0.4) is 0 Å². The van der Waals surface area contributed by atoms with Crippen LogP contribution in [0, 0.1) is 5.92 Å². The van der Waals surface area contributed by atoms with Crippen LogP contribution in [0.1, 0.15) is 32.1 Å². The molecular formula is C11H23NO2. The highest BCUT2D eigenvalue weighted by atomic mass is 16.5. The van der Waals surface area contributed by atoms with Crippen LogP contribution in [-0.2, 0) is 9.47 Å². The molecule has 1 aliphatic rings. The number of rotatable bonds is 8. The van der Waals surface area contributed by atoms with E-state index in [0.717, 1.165) is 39.4 Å². The van der Waals surface area contributed by atoms with Crippen LogP contribution in [0.5, 0.6) is 0 Å². The van der Waals surface area contributed by atoms with Gasteiger partial charge in [0.1, 0.15) is 0 Å². The molecule has 1 aliphatic heterocycles. The molecule has 0 amide bonds. The van der Waals surface area contributed by atoms with Crippen molar-refractivity contribution in [1.29, 1.82) is 0 Å².